The first-order valence-corrected chi connectivity index (χ1v) is 19.3. The van der Waals surface area contributed by atoms with Crippen LogP contribution in [-0.2, 0) is 0 Å². The fourth-order valence-corrected chi connectivity index (χ4v) is 8.46. The Hall–Kier alpha value is -8.07. The number of benzene rings is 8. The Morgan fingerprint density at radius 3 is 1.57 bits per heavy atom. The van der Waals surface area contributed by atoms with Gasteiger partial charge >= 0.3 is 0 Å². The molecule has 0 N–H and O–H groups in total. The summed E-state index contributed by atoms with van der Waals surface area (Å²) >= 11 is 0. The van der Waals surface area contributed by atoms with Gasteiger partial charge in [-0.3, -0.25) is 0 Å². The Labute approximate surface area is 334 Å². The average molecular weight is 741 g/mol. The van der Waals surface area contributed by atoms with Gasteiger partial charge in [-0.25, -0.2) is 9.97 Å². The number of fused-ring (bicyclic) bond motifs is 7. The van der Waals surface area contributed by atoms with Crippen molar-refractivity contribution < 1.29 is 4.42 Å². The molecule has 58 heavy (non-hydrogen) atoms. The summed E-state index contributed by atoms with van der Waals surface area (Å²) in [5.41, 5.74) is 13.0. The van der Waals surface area contributed by atoms with Crippen molar-refractivity contribution in [3.63, 3.8) is 0 Å². The van der Waals surface area contributed by atoms with Gasteiger partial charge in [0.1, 0.15) is 22.8 Å². The molecule has 5 heteroatoms. The van der Waals surface area contributed by atoms with Crippen molar-refractivity contribution in [3.8, 4) is 67.9 Å². The van der Waals surface area contributed by atoms with Gasteiger partial charge in [-0.1, -0.05) is 158 Å². The van der Waals surface area contributed by atoms with Crippen LogP contribution in [0.4, 0.5) is 0 Å². The van der Waals surface area contributed by atoms with Crippen LogP contribution in [0, 0.1) is 11.3 Å². The van der Waals surface area contributed by atoms with E-state index in [1.54, 1.807) is 0 Å². The molecule has 0 fully saturated rings. The van der Waals surface area contributed by atoms with E-state index in [0.717, 1.165) is 88.4 Å². The number of furan rings is 1. The molecule has 5 nitrogen and oxygen atoms in total. The van der Waals surface area contributed by atoms with E-state index in [9.17, 15) is 5.26 Å². The van der Waals surface area contributed by atoms with E-state index >= 15 is 0 Å². The maximum Gasteiger partial charge on any atom is 0.162 e. The predicted molar refractivity (Wildman–Crippen MR) is 236 cm³/mol. The summed E-state index contributed by atoms with van der Waals surface area (Å²) in [5, 5.41) is 15.1. The van der Waals surface area contributed by atoms with Crippen molar-refractivity contribution in [1.82, 2.24) is 14.5 Å². The summed E-state index contributed by atoms with van der Waals surface area (Å²) in [7, 11) is 0. The molecule has 0 aliphatic carbocycles. The van der Waals surface area contributed by atoms with Gasteiger partial charge in [0.2, 0.25) is 0 Å². The van der Waals surface area contributed by atoms with E-state index in [1.165, 1.54) is 0 Å². The van der Waals surface area contributed by atoms with E-state index < -0.39 is 0 Å². The molecule has 0 radical (unpaired) electrons. The van der Waals surface area contributed by atoms with Gasteiger partial charge in [-0.2, -0.15) is 5.26 Å². The number of nitriles is 1. The first-order chi connectivity index (χ1) is 28.7. The number of para-hydroxylation sites is 2. The second kappa shape index (κ2) is 13.6. The summed E-state index contributed by atoms with van der Waals surface area (Å²) in [4.78, 5) is 10.7. The second-order valence-electron chi connectivity index (χ2n) is 14.4. The summed E-state index contributed by atoms with van der Waals surface area (Å²) in [6, 6.07) is 69.0. The summed E-state index contributed by atoms with van der Waals surface area (Å²) < 4.78 is 9.03. The minimum Gasteiger partial charge on any atom is -0.455 e. The molecule has 0 spiro atoms. The molecule has 0 saturated heterocycles. The molecular formula is C53H32N4O. The highest BCUT2D eigenvalue weighted by Crippen LogP contribution is 2.45. The van der Waals surface area contributed by atoms with Gasteiger partial charge in [0.05, 0.1) is 33.5 Å². The van der Waals surface area contributed by atoms with Crippen molar-refractivity contribution in [2.24, 2.45) is 0 Å². The number of aromatic nitrogens is 3. The van der Waals surface area contributed by atoms with Crippen molar-refractivity contribution >= 4 is 43.7 Å². The molecule has 11 rings (SSSR count). The highest BCUT2D eigenvalue weighted by molar-refractivity contribution is 6.24. The van der Waals surface area contributed by atoms with Gasteiger partial charge in [-0.05, 0) is 58.7 Å². The maximum atomic E-state index is 10.8. The van der Waals surface area contributed by atoms with E-state index in [1.807, 2.05) is 84.9 Å². The third-order valence-electron chi connectivity index (χ3n) is 11.1. The van der Waals surface area contributed by atoms with Crippen LogP contribution < -0.4 is 0 Å². The molecule has 0 aliphatic heterocycles. The highest BCUT2D eigenvalue weighted by atomic mass is 16.3. The standard InChI is InChI=1S/C53H32N4O/c54-33-44-50(36-21-9-3-10-22-36)55-53(56-51(44)37-23-11-4-12-24-37)43-31-41(34-17-5-1-6-18-34)42(35-19-7-2-8-20-35)32-47(43)57-45-27-15-13-26-40(45)49-46(57)30-29-39-38-25-14-16-28-48(38)58-52(39)49/h1-32H. The lowest BCUT2D eigenvalue weighted by molar-refractivity contribution is 0.673. The minimum absolute atomic E-state index is 0.427. The van der Waals surface area contributed by atoms with Crippen LogP contribution in [0.15, 0.2) is 199 Å². The van der Waals surface area contributed by atoms with Crippen molar-refractivity contribution in [3.05, 3.63) is 200 Å². The van der Waals surface area contributed by atoms with Crippen molar-refractivity contribution in [2.75, 3.05) is 0 Å². The second-order valence-corrected chi connectivity index (χ2v) is 14.4. The molecule has 0 saturated carbocycles. The molecular weight excluding hydrogens is 709 g/mol. The zero-order valence-corrected chi connectivity index (χ0v) is 31.2. The first-order valence-electron chi connectivity index (χ1n) is 19.3. The molecule has 8 aromatic carbocycles. The van der Waals surface area contributed by atoms with E-state index in [4.69, 9.17) is 14.4 Å². The Balaban J connectivity index is 1.31. The summed E-state index contributed by atoms with van der Waals surface area (Å²) in [6.45, 7) is 0. The van der Waals surface area contributed by atoms with Crippen LogP contribution in [0.1, 0.15) is 5.56 Å². The fourth-order valence-electron chi connectivity index (χ4n) is 8.46. The van der Waals surface area contributed by atoms with Crippen molar-refractivity contribution in [2.45, 2.75) is 0 Å². The maximum absolute atomic E-state index is 10.8. The summed E-state index contributed by atoms with van der Waals surface area (Å²) in [6.07, 6.45) is 0. The molecule has 0 unspecified atom stereocenters. The molecule has 0 atom stereocenters. The third kappa shape index (κ3) is 5.31. The number of nitrogens with zero attached hydrogens (tertiary/aromatic N) is 4. The number of hydrogen-bond donors (Lipinski definition) is 0. The van der Waals surface area contributed by atoms with Crippen LogP contribution in [0.3, 0.4) is 0 Å². The zero-order valence-electron chi connectivity index (χ0n) is 31.2. The molecule has 11 aromatic rings. The van der Waals surface area contributed by atoms with Crippen LogP contribution in [0.25, 0.3) is 106 Å². The van der Waals surface area contributed by atoms with E-state index in [0.29, 0.717) is 22.8 Å². The zero-order chi connectivity index (χ0) is 38.6. The van der Waals surface area contributed by atoms with E-state index in [-0.39, 0.29) is 0 Å². The summed E-state index contributed by atoms with van der Waals surface area (Å²) in [5.74, 6) is 0.513. The minimum atomic E-state index is 0.427. The van der Waals surface area contributed by atoms with Crippen LogP contribution in [0.5, 0.6) is 0 Å². The topological polar surface area (TPSA) is 67.6 Å². The fraction of sp³-hybridized carbons (Fsp3) is 0. The molecule has 3 heterocycles. The molecule has 3 aromatic heterocycles. The Kier molecular flexibility index (Phi) is 7.80. The largest absolute Gasteiger partial charge is 0.455 e. The Morgan fingerprint density at radius 1 is 0.448 bits per heavy atom. The number of hydrogen-bond acceptors (Lipinski definition) is 4. The predicted octanol–water partition coefficient (Wildman–Crippen LogP) is 13.7. The normalized spacial score (nSPS) is 11.4. The lowest BCUT2D eigenvalue weighted by atomic mass is 9.91. The quantitative estimate of drug-likeness (QED) is 0.170. The molecule has 0 bridgehead atoms. The van der Waals surface area contributed by atoms with Crippen molar-refractivity contribution in [1.29, 1.82) is 5.26 Å². The number of rotatable bonds is 6. The smallest absolute Gasteiger partial charge is 0.162 e. The first kappa shape index (κ1) is 33.3. The van der Waals surface area contributed by atoms with Crippen LogP contribution in [-0.4, -0.2) is 14.5 Å². The monoisotopic (exact) mass is 740 g/mol. The molecule has 0 aliphatic rings. The third-order valence-corrected chi connectivity index (χ3v) is 11.1. The van der Waals surface area contributed by atoms with Gasteiger partial charge < -0.3 is 8.98 Å². The SMILES string of the molecule is N#Cc1c(-c2ccccc2)nc(-c2cc(-c3ccccc3)c(-c3ccccc3)cc2-n2c3ccccc3c3c4oc5ccccc5c4ccc32)nc1-c1ccccc1. The highest BCUT2D eigenvalue weighted by Gasteiger charge is 2.25. The van der Waals surface area contributed by atoms with E-state index in [2.05, 4.69) is 120 Å². The van der Waals surface area contributed by atoms with Gasteiger partial charge in [0, 0.05) is 32.8 Å². The molecule has 0 amide bonds. The van der Waals surface area contributed by atoms with Gasteiger partial charge in [0.15, 0.2) is 5.82 Å². The van der Waals surface area contributed by atoms with Gasteiger partial charge in [-0.15, -0.1) is 0 Å². The van der Waals surface area contributed by atoms with Crippen LogP contribution in [0.2, 0.25) is 0 Å². The van der Waals surface area contributed by atoms with Gasteiger partial charge in [0.25, 0.3) is 0 Å². The lowest BCUT2D eigenvalue weighted by Crippen LogP contribution is -2.05. The Bertz CT molecular complexity index is 3320. The Morgan fingerprint density at radius 2 is 0.966 bits per heavy atom. The molecule has 270 valence electrons. The lowest BCUT2D eigenvalue weighted by Gasteiger charge is -2.20. The average Bonchev–Trinajstić information content (AvgIpc) is 3.85. The van der Waals surface area contributed by atoms with Crippen LogP contribution >= 0.6 is 0 Å².